The Labute approximate surface area is 269 Å². The Hall–Kier alpha value is -4.86. The monoisotopic (exact) mass is 667 g/mol. The Kier molecular flexibility index (Phi) is 10.2. The van der Waals surface area contributed by atoms with Gasteiger partial charge in [0.05, 0.1) is 28.5 Å². The third-order valence-corrected chi connectivity index (χ3v) is 8.92. The second kappa shape index (κ2) is 14.3. The van der Waals surface area contributed by atoms with Crippen LogP contribution < -0.4 is 20.7 Å². The summed E-state index contributed by atoms with van der Waals surface area (Å²) in [6, 6.07) is 14.7. The molecule has 0 atom stereocenters. The number of likely N-dealkylation sites (tertiary alicyclic amines) is 1. The molecule has 0 spiro atoms. The number of anilines is 4. The van der Waals surface area contributed by atoms with Crippen LogP contribution in [0.3, 0.4) is 0 Å². The minimum absolute atomic E-state index is 0.137. The van der Waals surface area contributed by atoms with E-state index in [9.17, 15) is 31.2 Å². The number of aryl methyl sites for hydroxylation is 1. The molecule has 0 unspecified atom stereocenters. The van der Waals surface area contributed by atoms with Crippen LogP contribution in [0.25, 0.3) is 0 Å². The van der Waals surface area contributed by atoms with Gasteiger partial charge in [-0.2, -0.15) is 13.2 Å². The summed E-state index contributed by atoms with van der Waals surface area (Å²) >= 11 is 0. The Bertz CT molecular complexity index is 1850. The first-order chi connectivity index (χ1) is 22.4. The standard InChI is InChI=1S/C32H32F3N7O4S/c1-21-7-8-25(39-29(43)22-5-4-6-23(17-22)32(33,34)35)18-28(21)30(44)40-26-19-36-31(37-20-26)41-24-9-11-27(12-10-24)47(45,46)38-13-16-42-14-2-3-15-42/h4-12,17-20,38H,2-3,13-16H2,1H3,(H,39,43)(H,40,44)(H,36,37,41). The molecule has 3 aromatic carbocycles. The number of carbonyl (C=O) groups excluding carboxylic acids is 2. The van der Waals surface area contributed by atoms with Crippen molar-refractivity contribution < 1.29 is 31.2 Å². The van der Waals surface area contributed by atoms with Gasteiger partial charge < -0.3 is 20.9 Å². The summed E-state index contributed by atoms with van der Waals surface area (Å²) in [5.41, 5.74) is 0.726. The van der Waals surface area contributed by atoms with Crippen molar-refractivity contribution in [1.82, 2.24) is 19.6 Å². The van der Waals surface area contributed by atoms with Crippen molar-refractivity contribution in [2.24, 2.45) is 0 Å². The number of sulfonamides is 1. The third kappa shape index (κ3) is 8.90. The summed E-state index contributed by atoms with van der Waals surface area (Å²) in [5, 5.41) is 8.18. The molecular weight excluding hydrogens is 635 g/mol. The van der Waals surface area contributed by atoms with E-state index in [1.807, 2.05) is 0 Å². The fraction of sp³-hybridized carbons (Fsp3) is 0.250. The van der Waals surface area contributed by atoms with Crippen LogP contribution in [0.4, 0.5) is 36.2 Å². The molecule has 5 rings (SSSR count). The molecule has 11 nitrogen and oxygen atoms in total. The molecule has 1 aromatic heterocycles. The van der Waals surface area contributed by atoms with Gasteiger partial charge in [-0.15, -0.1) is 0 Å². The minimum atomic E-state index is -4.59. The van der Waals surface area contributed by atoms with E-state index < -0.39 is 33.6 Å². The maximum Gasteiger partial charge on any atom is 0.416 e. The van der Waals surface area contributed by atoms with Crippen LogP contribution >= 0.6 is 0 Å². The number of hydrogen-bond donors (Lipinski definition) is 4. The summed E-state index contributed by atoms with van der Waals surface area (Å²) in [6.45, 7) is 4.68. The van der Waals surface area contributed by atoms with Crippen LogP contribution in [-0.2, 0) is 16.2 Å². The number of carbonyl (C=O) groups is 2. The Morgan fingerprint density at radius 2 is 1.51 bits per heavy atom. The highest BCUT2D eigenvalue weighted by molar-refractivity contribution is 7.89. The number of nitrogens with one attached hydrogen (secondary N) is 4. The molecule has 0 radical (unpaired) electrons. The number of aromatic nitrogens is 2. The Morgan fingerprint density at radius 3 is 2.19 bits per heavy atom. The van der Waals surface area contributed by atoms with Gasteiger partial charge in [0.15, 0.2) is 0 Å². The molecule has 4 aromatic rings. The molecule has 0 aliphatic carbocycles. The lowest BCUT2D eigenvalue weighted by Crippen LogP contribution is -2.33. The smallest absolute Gasteiger partial charge is 0.324 e. The largest absolute Gasteiger partial charge is 0.416 e. The number of hydrogen-bond acceptors (Lipinski definition) is 8. The van der Waals surface area contributed by atoms with E-state index in [0.717, 1.165) is 44.1 Å². The molecule has 246 valence electrons. The molecular formula is C32H32F3N7O4S. The quantitative estimate of drug-likeness (QED) is 0.166. The fourth-order valence-electron chi connectivity index (χ4n) is 4.91. The zero-order valence-electron chi connectivity index (χ0n) is 25.3. The normalized spacial score (nSPS) is 13.7. The van der Waals surface area contributed by atoms with Crippen molar-refractivity contribution in [2.45, 2.75) is 30.8 Å². The maximum absolute atomic E-state index is 13.0. The van der Waals surface area contributed by atoms with Gasteiger partial charge in [0.25, 0.3) is 11.8 Å². The zero-order chi connectivity index (χ0) is 33.6. The van der Waals surface area contributed by atoms with E-state index in [4.69, 9.17) is 0 Å². The van der Waals surface area contributed by atoms with Crippen LogP contribution in [0.5, 0.6) is 0 Å². The van der Waals surface area contributed by atoms with Crippen molar-refractivity contribution in [3.05, 3.63) is 101 Å². The van der Waals surface area contributed by atoms with Gasteiger partial charge in [-0.3, -0.25) is 9.59 Å². The predicted molar refractivity (Wildman–Crippen MR) is 171 cm³/mol. The molecule has 2 amide bonds. The fourth-order valence-corrected chi connectivity index (χ4v) is 5.94. The van der Waals surface area contributed by atoms with E-state index in [2.05, 4.69) is 35.5 Å². The summed E-state index contributed by atoms with van der Waals surface area (Å²) in [6.07, 6.45) is 0.441. The highest BCUT2D eigenvalue weighted by Crippen LogP contribution is 2.30. The lowest BCUT2D eigenvalue weighted by molar-refractivity contribution is -0.137. The number of rotatable bonds is 11. The molecule has 1 aliphatic rings. The topological polar surface area (TPSA) is 145 Å². The van der Waals surface area contributed by atoms with Crippen LogP contribution in [0.15, 0.2) is 84.0 Å². The van der Waals surface area contributed by atoms with Crippen molar-refractivity contribution in [2.75, 3.05) is 42.1 Å². The first-order valence-corrected chi connectivity index (χ1v) is 16.2. The third-order valence-electron chi connectivity index (χ3n) is 7.44. The lowest BCUT2D eigenvalue weighted by atomic mass is 10.1. The first-order valence-electron chi connectivity index (χ1n) is 14.7. The molecule has 47 heavy (non-hydrogen) atoms. The zero-order valence-corrected chi connectivity index (χ0v) is 26.1. The number of benzene rings is 3. The molecule has 2 heterocycles. The van der Waals surface area contributed by atoms with Crippen LogP contribution in [0.2, 0.25) is 0 Å². The highest BCUT2D eigenvalue weighted by atomic mass is 32.2. The SMILES string of the molecule is Cc1ccc(NC(=O)c2cccc(C(F)(F)F)c2)cc1C(=O)Nc1cnc(Nc2ccc(S(=O)(=O)NCCN3CCCC3)cc2)nc1. The van der Waals surface area contributed by atoms with E-state index in [1.54, 1.807) is 25.1 Å². The summed E-state index contributed by atoms with van der Waals surface area (Å²) < 4.78 is 67.0. The van der Waals surface area contributed by atoms with Gasteiger partial charge in [-0.25, -0.2) is 23.1 Å². The van der Waals surface area contributed by atoms with E-state index in [1.165, 1.54) is 42.7 Å². The number of alkyl halides is 3. The number of halogens is 3. The minimum Gasteiger partial charge on any atom is -0.324 e. The average molecular weight is 668 g/mol. The van der Waals surface area contributed by atoms with Gasteiger partial charge in [-0.05, 0) is 93.0 Å². The van der Waals surface area contributed by atoms with Crippen LogP contribution in [0, 0.1) is 6.92 Å². The molecule has 1 fully saturated rings. The summed E-state index contributed by atoms with van der Waals surface area (Å²) in [4.78, 5) is 36.4. The summed E-state index contributed by atoms with van der Waals surface area (Å²) in [5.74, 6) is -1.07. The van der Waals surface area contributed by atoms with Crippen LogP contribution in [-0.4, -0.2) is 61.3 Å². The van der Waals surface area contributed by atoms with Gasteiger partial charge >= 0.3 is 6.18 Å². The first kappa shape index (κ1) is 33.5. The molecule has 0 saturated carbocycles. The Balaban J connectivity index is 1.16. The average Bonchev–Trinajstić information content (AvgIpc) is 3.56. The molecule has 0 bridgehead atoms. The molecule has 4 N–H and O–H groups in total. The Morgan fingerprint density at radius 1 is 0.851 bits per heavy atom. The second-order valence-electron chi connectivity index (χ2n) is 10.9. The van der Waals surface area contributed by atoms with E-state index in [-0.39, 0.29) is 33.3 Å². The molecule has 15 heteroatoms. The van der Waals surface area contributed by atoms with Crippen molar-refractivity contribution >= 4 is 44.8 Å². The number of nitrogens with zero attached hydrogens (tertiary/aromatic N) is 3. The summed E-state index contributed by atoms with van der Waals surface area (Å²) in [7, 11) is -3.65. The highest BCUT2D eigenvalue weighted by Gasteiger charge is 2.31. The van der Waals surface area contributed by atoms with E-state index >= 15 is 0 Å². The van der Waals surface area contributed by atoms with Crippen molar-refractivity contribution in [3.63, 3.8) is 0 Å². The van der Waals surface area contributed by atoms with Gasteiger partial charge in [0, 0.05) is 35.6 Å². The van der Waals surface area contributed by atoms with Crippen LogP contribution in [0.1, 0.15) is 44.7 Å². The maximum atomic E-state index is 13.0. The van der Waals surface area contributed by atoms with Gasteiger partial charge in [0.1, 0.15) is 0 Å². The second-order valence-corrected chi connectivity index (χ2v) is 12.7. The number of amides is 2. The van der Waals surface area contributed by atoms with E-state index in [0.29, 0.717) is 24.3 Å². The van der Waals surface area contributed by atoms with Crippen molar-refractivity contribution in [3.8, 4) is 0 Å². The van der Waals surface area contributed by atoms with Gasteiger partial charge in [-0.1, -0.05) is 12.1 Å². The lowest BCUT2D eigenvalue weighted by Gasteiger charge is -2.15. The predicted octanol–water partition coefficient (Wildman–Crippen LogP) is 5.43. The van der Waals surface area contributed by atoms with Crippen molar-refractivity contribution in [1.29, 1.82) is 0 Å². The van der Waals surface area contributed by atoms with Gasteiger partial charge in [0.2, 0.25) is 16.0 Å². The molecule has 1 aliphatic heterocycles. The molecule has 1 saturated heterocycles.